The minimum absolute atomic E-state index is 0.264. The molecule has 0 aliphatic heterocycles. The van der Waals surface area contributed by atoms with E-state index in [9.17, 15) is 0 Å². The first-order valence-corrected chi connectivity index (χ1v) is 7.64. The van der Waals surface area contributed by atoms with E-state index in [0.29, 0.717) is 21.3 Å². The summed E-state index contributed by atoms with van der Waals surface area (Å²) in [4.78, 5) is 8.82. The van der Waals surface area contributed by atoms with Crippen LogP contribution in [0.4, 0.5) is 0 Å². The predicted molar refractivity (Wildman–Crippen MR) is 88.7 cm³/mol. The minimum atomic E-state index is -0.598. The van der Waals surface area contributed by atoms with Gasteiger partial charge in [0.25, 0.3) is 0 Å². The van der Waals surface area contributed by atoms with Crippen molar-refractivity contribution in [2.24, 2.45) is 0 Å². The molecular weight excluding hydrogens is 350 g/mol. The number of aromatic nitrogens is 2. The second kappa shape index (κ2) is 5.98. The molecular formula is C15H8Cl4N2. The Morgan fingerprint density at radius 3 is 2.19 bits per heavy atom. The highest BCUT2D eigenvalue weighted by Crippen LogP contribution is 2.37. The van der Waals surface area contributed by atoms with Crippen molar-refractivity contribution in [2.75, 3.05) is 0 Å². The van der Waals surface area contributed by atoms with Gasteiger partial charge in [-0.1, -0.05) is 53.0 Å². The highest BCUT2D eigenvalue weighted by Gasteiger charge is 2.20. The van der Waals surface area contributed by atoms with Crippen LogP contribution < -0.4 is 0 Å². The lowest BCUT2D eigenvalue weighted by Crippen LogP contribution is -2.01. The number of benzene rings is 2. The van der Waals surface area contributed by atoms with Crippen LogP contribution in [0.3, 0.4) is 0 Å². The van der Waals surface area contributed by atoms with E-state index >= 15 is 0 Å². The second-order valence-electron chi connectivity index (χ2n) is 4.42. The average molecular weight is 358 g/mol. The number of fused-ring (bicyclic) bond motifs is 1. The molecule has 0 unspecified atom stereocenters. The van der Waals surface area contributed by atoms with Crippen LogP contribution in [0.15, 0.2) is 42.5 Å². The molecule has 2 nitrogen and oxygen atoms in total. The number of halogens is 4. The molecule has 1 heterocycles. The molecule has 2 aromatic carbocycles. The maximum atomic E-state index is 6.48. The normalized spacial score (nSPS) is 12.6. The van der Waals surface area contributed by atoms with Gasteiger partial charge in [0.15, 0.2) is 5.15 Å². The monoisotopic (exact) mass is 356 g/mol. The van der Waals surface area contributed by atoms with Crippen molar-refractivity contribution in [3.8, 4) is 0 Å². The van der Waals surface area contributed by atoms with Gasteiger partial charge in [-0.3, -0.25) is 0 Å². The minimum Gasteiger partial charge on any atom is -0.246 e. The number of hydrogen-bond donors (Lipinski definition) is 0. The summed E-state index contributed by atoms with van der Waals surface area (Å²) < 4.78 is 0. The van der Waals surface area contributed by atoms with E-state index in [4.69, 9.17) is 46.4 Å². The molecule has 0 aliphatic carbocycles. The Balaban J connectivity index is 2.12. The molecule has 1 aromatic heterocycles. The summed E-state index contributed by atoms with van der Waals surface area (Å²) in [6.45, 7) is 0. The molecule has 0 saturated heterocycles. The topological polar surface area (TPSA) is 25.8 Å². The maximum absolute atomic E-state index is 6.48. The van der Waals surface area contributed by atoms with E-state index in [2.05, 4.69) is 9.97 Å². The number of para-hydroxylation sites is 2. The van der Waals surface area contributed by atoms with Crippen LogP contribution in [0.1, 0.15) is 16.6 Å². The molecule has 0 fully saturated rings. The molecule has 0 spiro atoms. The molecule has 6 heteroatoms. The van der Waals surface area contributed by atoms with Crippen molar-refractivity contribution in [2.45, 2.75) is 5.38 Å². The molecule has 0 aliphatic rings. The summed E-state index contributed by atoms with van der Waals surface area (Å²) in [5, 5.41) is 0.677. The maximum Gasteiger partial charge on any atom is 0.153 e. The lowest BCUT2D eigenvalue weighted by atomic mass is 10.1. The fourth-order valence-corrected chi connectivity index (χ4v) is 3.22. The Morgan fingerprint density at radius 2 is 1.52 bits per heavy atom. The Hall–Kier alpha value is -1.06. The molecule has 21 heavy (non-hydrogen) atoms. The fourth-order valence-electron chi connectivity index (χ4n) is 2.01. The van der Waals surface area contributed by atoms with Crippen LogP contribution in [-0.4, -0.2) is 9.97 Å². The molecule has 0 amide bonds. The Morgan fingerprint density at radius 1 is 0.857 bits per heavy atom. The van der Waals surface area contributed by atoms with Crippen LogP contribution in [-0.2, 0) is 0 Å². The van der Waals surface area contributed by atoms with Gasteiger partial charge in [-0.2, -0.15) is 0 Å². The smallest absolute Gasteiger partial charge is 0.153 e. The molecule has 0 bridgehead atoms. The van der Waals surface area contributed by atoms with Gasteiger partial charge in [0, 0.05) is 10.0 Å². The van der Waals surface area contributed by atoms with Crippen LogP contribution in [0.2, 0.25) is 15.2 Å². The Bertz CT molecular complexity index is 820. The lowest BCUT2D eigenvalue weighted by Gasteiger charge is -2.13. The second-order valence-corrected chi connectivity index (χ2v) is 6.05. The average Bonchev–Trinajstić information content (AvgIpc) is 2.46. The lowest BCUT2D eigenvalue weighted by molar-refractivity contribution is 1.03. The highest BCUT2D eigenvalue weighted by molar-refractivity contribution is 6.36. The molecule has 1 atom stereocenters. The van der Waals surface area contributed by atoms with Crippen molar-refractivity contribution in [1.82, 2.24) is 9.97 Å². The third-order valence-corrected chi connectivity index (χ3v) is 4.31. The summed E-state index contributed by atoms with van der Waals surface area (Å²) >= 11 is 24.8. The number of hydrogen-bond acceptors (Lipinski definition) is 2. The summed E-state index contributed by atoms with van der Waals surface area (Å²) in [5.74, 6) is 0. The number of rotatable bonds is 2. The van der Waals surface area contributed by atoms with Crippen LogP contribution in [0.25, 0.3) is 11.0 Å². The summed E-state index contributed by atoms with van der Waals surface area (Å²) in [5.41, 5.74) is 2.61. The molecule has 0 N–H and O–H groups in total. The van der Waals surface area contributed by atoms with Gasteiger partial charge in [-0.15, -0.1) is 11.6 Å². The van der Waals surface area contributed by atoms with E-state index < -0.39 is 5.38 Å². The number of nitrogens with zero attached hydrogens (tertiary/aromatic N) is 2. The molecule has 0 saturated carbocycles. The SMILES string of the molecule is Clc1ccc([C@H](Cl)c2nc3ccccc3nc2Cl)c(Cl)c1. The van der Waals surface area contributed by atoms with E-state index in [1.165, 1.54) is 0 Å². The Labute approximate surface area is 141 Å². The summed E-state index contributed by atoms with van der Waals surface area (Å²) in [6, 6.07) is 12.6. The van der Waals surface area contributed by atoms with E-state index in [0.717, 1.165) is 11.0 Å². The van der Waals surface area contributed by atoms with E-state index in [1.807, 2.05) is 24.3 Å². The Kier molecular flexibility index (Phi) is 4.23. The van der Waals surface area contributed by atoms with E-state index in [-0.39, 0.29) is 5.15 Å². The van der Waals surface area contributed by atoms with Crippen LogP contribution in [0.5, 0.6) is 0 Å². The summed E-state index contributed by atoms with van der Waals surface area (Å²) in [7, 11) is 0. The zero-order chi connectivity index (χ0) is 15.0. The fraction of sp³-hybridized carbons (Fsp3) is 0.0667. The summed E-state index contributed by atoms with van der Waals surface area (Å²) in [6.07, 6.45) is 0. The first-order chi connectivity index (χ1) is 10.1. The van der Waals surface area contributed by atoms with Crippen LogP contribution in [0, 0.1) is 0 Å². The first kappa shape index (κ1) is 14.9. The van der Waals surface area contributed by atoms with E-state index in [1.54, 1.807) is 18.2 Å². The van der Waals surface area contributed by atoms with Gasteiger partial charge in [0.1, 0.15) is 11.1 Å². The van der Waals surface area contributed by atoms with Gasteiger partial charge in [0.2, 0.25) is 0 Å². The van der Waals surface area contributed by atoms with Crippen molar-refractivity contribution in [3.63, 3.8) is 0 Å². The van der Waals surface area contributed by atoms with Crippen molar-refractivity contribution < 1.29 is 0 Å². The molecule has 106 valence electrons. The third kappa shape index (κ3) is 2.95. The highest BCUT2D eigenvalue weighted by atomic mass is 35.5. The van der Waals surface area contributed by atoms with Gasteiger partial charge in [0.05, 0.1) is 11.0 Å². The van der Waals surface area contributed by atoms with Gasteiger partial charge < -0.3 is 0 Å². The van der Waals surface area contributed by atoms with Crippen molar-refractivity contribution in [3.05, 3.63) is 68.9 Å². The molecule has 3 aromatic rings. The molecule has 0 radical (unpaired) electrons. The zero-order valence-electron chi connectivity index (χ0n) is 10.5. The van der Waals surface area contributed by atoms with Crippen molar-refractivity contribution >= 4 is 57.4 Å². The zero-order valence-corrected chi connectivity index (χ0v) is 13.5. The quantitative estimate of drug-likeness (QED) is 0.532. The number of alkyl halides is 1. The predicted octanol–water partition coefficient (Wildman–Crippen LogP) is 5.92. The first-order valence-electron chi connectivity index (χ1n) is 6.07. The largest absolute Gasteiger partial charge is 0.246 e. The standard InChI is InChI=1S/C15H8Cl4N2/c16-8-5-6-9(10(17)7-8)13(18)14-15(19)21-12-4-2-1-3-11(12)20-14/h1-7,13H/t13-/m0/s1. The van der Waals surface area contributed by atoms with Gasteiger partial charge in [-0.05, 0) is 29.8 Å². The third-order valence-electron chi connectivity index (χ3n) is 3.03. The van der Waals surface area contributed by atoms with Gasteiger partial charge >= 0.3 is 0 Å². The van der Waals surface area contributed by atoms with Gasteiger partial charge in [-0.25, -0.2) is 9.97 Å². The van der Waals surface area contributed by atoms with Crippen LogP contribution >= 0.6 is 46.4 Å². The molecule has 3 rings (SSSR count). The van der Waals surface area contributed by atoms with Crippen molar-refractivity contribution in [1.29, 1.82) is 0 Å².